The molecule has 0 aliphatic carbocycles. The summed E-state index contributed by atoms with van der Waals surface area (Å²) >= 11 is 0. The Morgan fingerprint density at radius 3 is 2.67 bits per heavy atom. The van der Waals surface area contributed by atoms with E-state index in [4.69, 9.17) is 4.74 Å². The third-order valence-corrected chi connectivity index (χ3v) is 2.92. The molecule has 1 aromatic carbocycles. The molecule has 1 N–H and O–H groups in total. The van der Waals surface area contributed by atoms with Crippen LogP contribution in [0.3, 0.4) is 0 Å². The Balaban J connectivity index is 2.42. The van der Waals surface area contributed by atoms with Gasteiger partial charge in [-0.25, -0.2) is 0 Å². The maximum atomic E-state index is 5.62. The molecule has 0 heterocycles. The maximum absolute atomic E-state index is 5.62. The highest BCUT2D eigenvalue weighted by Gasteiger charge is 2.05. The highest BCUT2D eigenvalue weighted by atomic mass is 16.5. The first-order chi connectivity index (χ1) is 8.63. The summed E-state index contributed by atoms with van der Waals surface area (Å²) in [6, 6.07) is 8.75. The summed E-state index contributed by atoms with van der Waals surface area (Å²) < 4.78 is 5.62. The normalized spacial score (nSPS) is 12.7. The molecule has 0 radical (unpaired) electrons. The first-order valence-corrected chi connectivity index (χ1v) is 6.72. The lowest BCUT2D eigenvalue weighted by molar-refractivity contribution is 0.332. The second-order valence-corrected chi connectivity index (χ2v) is 4.91. The lowest BCUT2D eigenvalue weighted by atomic mass is 10.1. The molecule has 0 aliphatic rings. The number of rotatable bonds is 8. The van der Waals surface area contributed by atoms with Crippen molar-refractivity contribution in [2.45, 2.75) is 32.9 Å². The van der Waals surface area contributed by atoms with Crippen molar-refractivity contribution in [2.75, 3.05) is 27.2 Å². The van der Waals surface area contributed by atoms with Crippen LogP contribution in [0.4, 0.5) is 0 Å². The zero-order chi connectivity index (χ0) is 13.4. The fourth-order valence-corrected chi connectivity index (χ4v) is 1.78. The summed E-state index contributed by atoms with van der Waals surface area (Å²) in [5, 5.41) is 3.55. The van der Waals surface area contributed by atoms with Crippen molar-refractivity contribution in [3.63, 3.8) is 0 Å². The topological polar surface area (TPSA) is 24.5 Å². The average molecular weight is 250 g/mol. The van der Waals surface area contributed by atoms with Crippen LogP contribution in [0.2, 0.25) is 0 Å². The molecule has 0 aliphatic heterocycles. The number of hydrogen-bond donors (Lipinski definition) is 1. The van der Waals surface area contributed by atoms with Crippen LogP contribution in [0.15, 0.2) is 24.3 Å². The van der Waals surface area contributed by atoms with E-state index in [0.29, 0.717) is 12.6 Å². The molecule has 0 saturated heterocycles. The minimum absolute atomic E-state index is 0.516. The van der Waals surface area contributed by atoms with E-state index in [-0.39, 0.29) is 0 Å². The standard InChI is InChI=1S/C15H26N2O/c1-5-18-15-9-7-6-8-14(15)12-16-13(2)10-11-17(3)4/h6-9,13,16H,5,10-12H2,1-4H3. The molecule has 1 unspecified atom stereocenters. The van der Waals surface area contributed by atoms with Gasteiger partial charge >= 0.3 is 0 Å². The van der Waals surface area contributed by atoms with Gasteiger partial charge in [-0.1, -0.05) is 18.2 Å². The summed E-state index contributed by atoms with van der Waals surface area (Å²) in [6.45, 7) is 6.94. The molecule has 102 valence electrons. The van der Waals surface area contributed by atoms with Gasteiger partial charge in [-0.2, -0.15) is 0 Å². The van der Waals surface area contributed by atoms with Crippen molar-refractivity contribution in [1.29, 1.82) is 0 Å². The van der Waals surface area contributed by atoms with Gasteiger partial charge in [-0.3, -0.25) is 0 Å². The van der Waals surface area contributed by atoms with Crippen molar-refractivity contribution < 1.29 is 4.74 Å². The molecule has 0 amide bonds. The van der Waals surface area contributed by atoms with Crippen molar-refractivity contribution in [3.8, 4) is 5.75 Å². The summed E-state index contributed by atoms with van der Waals surface area (Å²) in [4.78, 5) is 2.21. The van der Waals surface area contributed by atoms with Gasteiger partial charge in [0, 0.05) is 18.2 Å². The van der Waals surface area contributed by atoms with Crippen LogP contribution in [0.5, 0.6) is 5.75 Å². The largest absolute Gasteiger partial charge is 0.494 e. The van der Waals surface area contributed by atoms with E-state index in [1.54, 1.807) is 0 Å². The second-order valence-electron chi connectivity index (χ2n) is 4.91. The second kappa shape index (κ2) is 8.11. The zero-order valence-electron chi connectivity index (χ0n) is 12.1. The number of nitrogens with one attached hydrogen (secondary N) is 1. The third-order valence-electron chi connectivity index (χ3n) is 2.92. The predicted molar refractivity (Wildman–Crippen MR) is 77.1 cm³/mol. The van der Waals surface area contributed by atoms with Crippen molar-refractivity contribution in [3.05, 3.63) is 29.8 Å². The molecule has 18 heavy (non-hydrogen) atoms. The van der Waals surface area contributed by atoms with Gasteiger partial charge in [0.15, 0.2) is 0 Å². The van der Waals surface area contributed by atoms with Crippen LogP contribution in [-0.4, -0.2) is 38.2 Å². The zero-order valence-corrected chi connectivity index (χ0v) is 12.1. The Bertz CT molecular complexity index is 339. The van der Waals surface area contributed by atoms with Gasteiger partial charge < -0.3 is 15.0 Å². The Labute approximate surface area is 111 Å². The van der Waals surface area contributed by atoms with Gasteiger partial charge in [-0.05, 0) is 47.0 Å². The molecule has 3 heteroatoms. The van der Waals surface area contributed by atoms with E-state index in [0.717, 1.165) is 25.3 Å². The van der Waals surface area contributed by atoms with Crippen LogP contribution in [0.1, 0.15) is 25.8 Å². The van der Waals surface area contributed by atoms with Gasteiger partial charge in [0.1, 0.15) is 5.75 Å². The van der Waals surface area contributed by atoms with E-state index in [9.17, 15) is 0 Å². The minimum atomic E-state index is 0.516. The van der Waals surface area contributed by atoms with Crippen LogP contribution in [-0.2, 0) is 6.54 Å². The molecule has 0 saturated carbocycles. The fourth-order valence-electron chi connectivity index (χ4n) is 1.78. The first-order valence-electron chi connectivity index (χ1n) is 6.72. The smallest absolute Gasteiger partial charge is 0.123 e. The van der Waals surface area contributed by atoms with E-state index < -0.39 is 0 Å². The van der Waals surface area contributed by atoms with E-state index in [1.165, 1.54) is 5.56 Å². The van der Waals surface area contributed by atoms with Crippen molar-refractivity contribution in [2.24, 2.45) is 0 Å². The predicted octanol–water partition coefficient (Wildman–Crippen LogP) is 2.52. The quantitative estimate of drug-likeness (QED) is 0.767. The number of benzene rings is 1. The Morgan fingerprint density at radius 1 is 1.28 bits per heavy atom. The van der Waals surface area contributed by atoms with Crippen molar-refractivity contribution in [1.82, 2.24) is 10.2 Å². The average Bonchev–Trinajstić information content (AvgIpc) is 2.35. The van der Waals surface area contributed by atoms with Gasteiger partial charge in [0.2, 0.25) is 0 Å². The van der Waals surface area contributed by atoms with E-state index in [1.807, 2.05) is 19.1 Å². The lowest BCUT2D eigenvalue weighted by Gasteiger charge is -2.17. The van der Waals surface area contributed by atoms with Crippen LogP contribution in [0, 0.1) is 0 Å². The number of nitrogens with zero attached hydrogens (tertiary/aromatic N) is 1. The van der Waals surface area contributed by atoms with Gasteiger partial charge in [0.25, 0.3) is 0 Å². The van der Waals surface area contributed by atoms with Crippen LogP contribution in [0.25, 0.3) is 0 Å². The molecule has 3 nitrogen and oxygen atoms in total. The lowest BCUT2D eigenvalue weighted by Crippen LogP contribution is -2.29. The third kappa shape index (κ3) is 5.52. The number of ether oxygens (including phenoxy) is 1. The molecule has 1 rings (SSSR count). The summed E-state index contributed by atoms with van der Waals surface area (Å²) in [7, 11) is 4.22. The summed E-state index contributed by atoms with van der Waals surface area (Å²) in [5.74, 6) is 0.993. The Hall–Kier alpha value is -1.06. The summed E-state index contributed by atoms with van der Waals surface area (Å²) in [6.07, 6.45) is 1.16. The fraction of sp³-hybridized carbons (Fsp3) is 0.600. The minimum Gasteiger partial charge on any atom is -0.494 e. The molecule has 1 atom stereocenters. The summed E-state index contributed by atoms with van der Waals surface area (Å²) in [5.41, 5.74) is 1.23. The van der Waals surface area contributed by atoms with Crippen LogP contribution < -0.4 is 10.1 Å². The van der Waals surface area contributed by atoms with E-state index >= 15 is 0 Å². The highest BCUT2D eigenvalue weighted by molar-refractivity contribution is 5.33. The maximum Gasteiger partial charge on any atom is 0.123 e. The molecule has 0 bridgehead atoms. The SMILES string of the molecule is CCOc1ccccc1CNC(C)CCN(C)C. The van der Waals surface area contributed by atoms with Crippen LogP contribution >= 0.6 is 0 Å². The Morgan fingerprint density at radius 2 is 2.00 bits per heavy atom. The monoisotopic (exact) mass is 250 g/mol. The van der Waals surface area contributed by atoms with Crippen molar-refractivity contribution >= 4 is 0 Å². The molecule has 0 spiro atoms. The first kappa shape index (κ1) is 15.0. The molecular weight excluding hydrogens is 224 g/mol. The number of hydrogen-bond acceptors (Lipinski definition) is 3. The molecule has 0 fully saturated rings. The Kier molecular flexibility index (Phi) is 6.76. The van der Waals surface area contributed by atoms with Gasteiger partial charge in [0.05, 0.1) is 6.61 Å². The molecule has 1 aromatic rings. The highest BCUT2D eigenvalue weighted by Crippen LogP contribution is 2.17. The molecule has 0 aromatic heterocycles. The number of para-hydroxylation sites is 1. The van der Waals surface area contributed by atoms with E-state index in [2.05, 4.69) is 43.4 Å². The van der Waals surface area contributed by atoms with Gasteiger partial charge in [-0.15, -0.1) is 0 Å². The molecular formula is C15H26N2O.